The molecule has 15 heavy (non-hydrogen) atoms. The van der Waals surface area contributed by atoms with E-state index in [1.54, 1.807) is 0 Å². The van der Waals surface area contributed by atoms with Crippen molar-refractivity contribution in [2.75, 3.05) is 7.05 Å². The van der Waals surface area contributed by atoms with Crippen LogP contribution in [0.3, 0.4) is 0 Å². The van der Waals surface area contributed by atoms with Gasteiger partial charge in [-0.05, 0) is 37.1 Å². The molecule has 0 bridgehead atoms. The van der Waals surface area contributed by atoms with Crippen LogP contribution in [0.4, 0.5) is 0 Å². The van der Waals surface area contributed by atoms with Crippen molar-refractivity contribution in [1.29, 1.82) is 0 Å². The summed E-state index contributed by atoms with van der Waals surface area (Å²) in [7, 11) is 2.04. The second-order valence-electron chi connectivity index (χ2n) is 4.08. The first-order valence-corrected chi connectivity index (χ1v) is 5.82. The normalized spacial score (nSPS) is 13.1. The number of hydrogen-bond donors (Lipinski definition) is 1. The van der Waals surface area contributed by atoms with E-state index >= 15 is 0 Å². The maximum atomic E-state index is 4.14. The molecule has 0 saturated carbocycles. The van der Waals surface area contributed by atoms with Gasteiger partial charge in [-0.25, -0.2) is 0 Å². The Balaban J connectivity index is 2.96. The van der Waals surface area contributed by atoms with Crippen LogP contribution in [0.1, 0.15) is 43.9 Å². The predicted octanol–water partition coefficient (Wildman–Crippen LogP) is 3.09. The van der Waals surface area contributed by atoms with Gasteiger partial charge in [0.2, 0.25) is 0 Å². The molecule has 1 N–H and O–H groups in total. The van der Waals surface area contributed by atoms with Gasteiger partial charge in [0, 0.05) is 18.4 Å². The average Bonchev–Trinajstić information content (AvgIpc) is 2.27. The van der Waals surface area contributed by atoms with E-state index in [1.165, 1.54) is 24.0 Å². The van der Waals surface area contributed by atoms with Crippen molar-refractivity contribution in [2.45, 2.75) is 39.7 Å². The molecule has 1 atom stereocenters. The van der Waals surface area contributed by atoms with Crippen LogP contribution in [-0.2, 0) is 0 Å². The Kier molecular flexibility index (Phi) is 4.76. The van der Waals surface area contributed by atoms with Gasteiger partial charge in [-0.2, -0.15) is 0 Å². The molecule has 0 aromatic carbocycles. The van der Waals surface area contributed by atoms with Gasteiger partial charge in [-0.15, -0.1) is 0 Å². The molecule has 1 rings (SSSR count). The summed E-state index contributed by atoms with van der Waals surface area (Å²) in [6.07, 6.45) is 6.25. The quantitative estimate of drug-likeness (QED) is 0.800. The van der Waals surface area contributed by atoms with Crippen LogP contribution in [0.5, 0.6) is 0 Å². The largest absolute Gasteiger partial charge is 0.313 e. The monoisotopic (exact) mass is 206 g/mol. The fraction of sp³-hybridized carbons (Fsp3) is 0.615. The van der Waals surface area contributed by atoms with Crippen molar-refractivity contribution in [3.8, 4) is 0 Å². The zero-order valence-electron chi connectivity index (χ0n) is 10.2. The van der Waals surface area contributed by atoms with Crippen molar-refractivity contribution in [1.82, 2.24) is 10.3 Å². The Hall–Kier alpha value is -0.890. The van der Waals surface area contributed by atoms with Crippen molar-refractivity contribution in [2.24, 2.45) is 5.92 Å². The lowest BCUT2D eigenvalue weighted by Gasteiger charge is -2.26. The summed E-state index contributed by atoms with van der Waals surface area (Å²) < 4.78 is 0. The third-order valence-corrected chi connectivity index (χ3v) is 3.23. The fourth-order valence-corrected chi connectivity index (χ4v) is 2.24. The highest BCUT2D eigenvalue weighted by Gasteiger charge is 2.19. The van der Waals surface area contributed by atoms with E-state index in [-0.39, 0.29) is 0 Å². The highest BCUT2D eigenvalue weighted by Crippen LogP contribution is 2.28. The summed E-state index contributed by atoms with van der Waals surface area (Å²) in [6.45, 7) is 6.65. The van der Waals surface area contributed by atoms with Crippen LogP contribution in [0.15, 0.2) is 18.5 Å². The molecule has 0 fully saturated rings. The predicted molar refractivity (Wildman–Crippen MR) is 64.8 cm³/mol. The Labute approximate surface area is 93.1 Å². The Bertz CT molecular complexity index is 292. The van der Waals surface area contributed by atoms with Crippen LogP contribution in [0.2, 0.25) is 0 Å². The van der Waals surface area contributed by atoms with Crippen molar-refractivity contribution in [3.05, 3.63) is 29.6 Å². The average molecular weight is 206 g/mol. The molecule has 0 aliphatic heterocycles. The molecule has 0 spiro atoms. The molecule has 2 heteroatoms. The number of pyridine rings is 1. The SMILES string of the molecule is CCC(CC)C(NC)c1ccncc1C. The summed E-state index contributed by atoms with van der Waals surface area (Å²) in [4.78, 5) is 4.14. The van der Waals surface area contributed by atoms with Gasteiger partial charge >= 0.3 is 0 Å². The number of nitrogens with one attached hydrogen (secondary N) is 1. The number of nitrogens with zero attached hydrogens (tertiary/aromatic N) is 1. The van der Waals surface area contributed by atoms with Gasteiger partial charge in [0.05, 0.1) is 0 Å². The smallest absolute Gasteiger partial charge is 0.0349 e. The summed E-state index contributed by atoms with van der Waals surface area (Å²) >= 11 is 0. The molecular formula is C13H22N2. The molecule has 1 aromatic rings. The van der Waals surface area contributed by atoms with Crippen LogP contribution in [0.25, 0.3) is 0 Å². The molecule has 0 saturated heterocycles. The topological polar surface area (TPSA) is 24.9 Å². The number of hydrogen-bond acceptors (Lipinski definition) is 2. The molecule has 1 heterocycles. The van der Waals surface area contributed by atoms with Crippen LogP contribution in [-0.4, -0.2) is 12.0 Å². The molecule has 0 aliphatic rings. The fourth-order valence-electron chi connectivity index (χ4n) is 2.24. The zero-order valence-corrected chi connectivity index (χ0v) is 10.2. The van der Waals surface area contributed by atoms with Crippen LogP contribution >= 0.6 is 0 Å². The van der Waals surface area contributed by atoms with Gasteiger partial charge in [-0.3, -0.25) is 4.98 Å². The van der Waals surface area contributed by atoms with Gasteiger partial charge in [-0.1, -0.05) is 26.7 Å². The number of rotatable bonds is 5. The van der Waals surface area contributed by atoms with E-state index in [0.717, 1.165) is 0 Å². The first kappa shape index (κ1) is 12.2. The lowest BCUT2D eigenvalue weighted by Crippen LogP contribution is -2.25. The maximum absolute atomic E-state index is 4.14. The van der Waals surface area contributed by atoms with Gasteiger partial charge in [0.25, 0.3) is 0 Å². The van der Waals surface area contributed by atoms with Crippen molar-refractivity contribution in [3.63, 3.8) is 0 Å². The molecule has 0 amide bonds. The van der Waals surface area contributed by atoms with Crippen LogP contribution in [0, 0.1) is 12.8 Å². The standard InChI is InChI=1S/C13H22N2/c1-5-11(6-2)13(14-4)12-7-8-15-9-10(12)3/h7-9,11,13-14H,5-6H2,1-4H3. The zero-order chi connectivity index (χ0) is 11.3. The van der Waals surface area contributed by atoms with Crippen molar-refractivity contribution >= 4 is 0 Å². The third-order valence-electron chi connectivity index (χ3n) is 3.23. The summed E-state index contributed by atoms with van der Waals surface area (Å²) in [6, 6.07) is 2.59. The Morgan fingerprint density at radius 3 is 2.47 bits per heavy atom. The Morgan fingerprint density at radius 1 is 1.33 bits per heavy atom. The van der Waals surface area contributed by atoms with Crippen molar-refractivity contribution < 1.29 is 0 Å². The van der Waals surface area contributed by atoms with Gasteiger partial charge in [0.15, 0.2) is 0 Å². The highest BCUT2D eigenvalue weighted by molar-refractivity contribution is 5.25. The lowest BCUT2D eigenvalue weighted by atomic mass is 9.87. The second-order valence-corrected chi connectivity index (χ2v) is 4.08. The van der Waals surface area contributed by atoms with E-state index in [1.807, 2.05) is 19.4 Å². The first-order chi connectivity index (χ1) is 7.24. The minimum absolute atomic E-state index is 0.461. The Morgan fingerprint density at radius 2 is 2.00 bits per heavy atom. The highest BCUT2D eigenvalue weighted by atomic mass is 14.9. The van der Waals surface area contributed by atoms with E-state index in [0.29, 0.717) is 12.0 Å². The molecule has 0 aliphatic carbocycles. The van der Waals surface area contributed by atoms with E-state index < -0.39 is 0 Å². The second kappa shape index (κ2) is 5.86. The lowest BCUT2D eigenvalue weighted by molar-refractivity contribution is 0.358. The van der Waals surface area contributed by atoms with E-state index in [4.69, 9.17) is 0 Å². The maximum Gasteiger partial charge on any atom is 0.0349 e. The first-order valence-electron chi connectivity index (χ1n) is 5.82. The molecule has 0 radical (unpaired) electrons. The summed E-state index contributed by atoms with van der Waals surface area (Å²) in [5, 5.41) is 3.43. The molecule has 84 valence electrons. The third kappa shape index (κ3) is 2.78. The summed E-state index contributed by atoms with van der Waals surface area (Å²) in [5.41, 5.74) is 2.67. The summed E-state index contributed by atoms with van der Waals surface area (Å²) in [5.74, 6) is 0.705. The molecule has 1 aromatic heterocycles. The van der Waals surface area contributed by atoms with Crippen LogP contribution < -0.4 is 5.32 Å². The molecule has 2 nitrogen and oxygen atoms in total. The molecule has 1 unspecified atom stereocenters. The molecular weight excluding hydrogens is 184 g/mol. The van der Waals surface area contributed by atoms with Gasteiger partial charge in [0.1, 0.15) is 0 Å². The number of aryl methyl sites for hydroxylation is 1. The van der Waals surface area contributed by atoms with E-state index in [9.17, 15) is 0 Å². The minimum atomic E-state index is 0.461. The van der Waals surface area contributed by atoms with Gasteiger partial charge < -0.3 is 5.32 Å². The number of aromatic nitrogens is 1. The minimum Gasteiger partial charge on any atom is -0.313 e. The van der Waals surface area contributed by atoms with E-state index in [2.05, 4.69) is 37.1 Å².